The minimum Gasteiger partial charge on any atom is -0.368 e. The van der Waals surface area contributed by atoms with E-state index in [1.807, 2.05) is 11.8 Å². The molecule has 1 aromatic heterocycles. The maximum Gasteiger partial charge on any atom is 0.226 e. The van der Waals surface area contributed by atoms with Crippen molar-refractivity contribution in [2.75, 3.05) is 23.7 Å². The zero-order chi connectivity index (χ0) is 22.0. The first kappa shape index (κ1) is 22.6. The summed E-state index contributed by atoms with van der Waals surface area (Å²) in [6.07, 6.45) is 2.61. The summed E-state index contributed by atoms with van der Waals surface area (Å²) in [7, 11) is 0. The van der Waals surface area contributed by atoms with Crippen molar-refractivity contribution in [1.29, 1.82) is 0 Å². The van der Waals surface area contributed by atoms with Crippen molar-refractivity contribution in [3.63, 3.8) is 0 Å². The van der Waals surface area contributed by atoms with Crippen molar-refractivity contribution < 1.29 is 4.79 Å². The number of rotatable bonds is 8. The van der Waals surface area contributed by atoms with Crippen molar-refractivity contribution in [2.24, 2.45) is 0 Å². The number of amides is 1. The van der Waals surface area contributed by atoms with Gasteiger partial charge < -0.3 is 16.0 Å². The Balaban J connectivity index is 1.55. The smallest absolute Gasteiger partial charge is 0.226 e. The summed E-state index contributed by atoms with van der Waals surface area (Å²) >= 11 is 3.63. The summed E-state index contributed by atoms with van der Waals surface area (Å²) in [6.45, 7) is 11.6. The van der Waals surface area contributed by atoms with E-state index in [0.29, 0.717) is 25.0 Å². The Morgan fingerprint density at radius 1 is 1.29 bits per heavy atom. The maximum atomic E-state index is 12.8. The first-order valence-electron chi connectivity index (χ1n) is 11.4. The molecule has 3 heterocycles. The molecule has 2 atom stereocenters. The highest BCUT2D eigenvalue weighted by Crippen LogP contribution is 2.52. The lowest BCUT2D eigenvalue weighted by Crippen LogP contribution is -2.35. The molecule has 0 fully saturated rings. The van der Waals surface area contributed by atoms with Crippen LogP contribution >= 0.6 is 23.1 Å². The molecule has 2 aromatic rings. The summed E-state index contributed by atoms with van der Waals surface area (Å²) in [5, 5.41) is 11.6. The van der Waals surface area contributed by atoms with Gasteiger partial charge in [-0.1, -0.05) is 30.8 Å². The van der Waals surface area contributed by atoms with Crippen LogP contribution in [0.5, 0.6) is 0 Å². The second-order valence-corrected chi connectivity index (χ2v) is 11.0. The summed E-state index contributed by atoms with van der Waals surface area (Å²) in [5.41, 5.74) is 3.91. The topological polar surface area (TPSA) is 56.4 Å². The average molecular weight is 459 g/mol. The SMILES string of the molecule is CCC(C)NCCC(=O)Nc1sc2c(c1C1Nc3ccccc3S1)CCN(C(C)C)C2. The highest BCUT2D eigenvalue weighted by molar-refractivity contribution is 8.00. The van der Waals surface area contributed by atoms with Gasteiger partial charge in [-0.25, -0.2) is 0 Å². The number of para-hydroxylation sites is 1. The fraction of sp³-hybridized carbons (Fsp3) is 0.542. The predicted molar refractivity (Wildman–Crippen MR) is 133 cm³/mol. The van der Waals surface area contributed by atoms with E-state index in [1.165, 1.54) is 26.6 Å². The largest absolute Gasteiger partial charge is 0.368 e. The number of fused-ring (bicyclic) bond motifs is 2. The molecule has 2 aliphatic heterocycles. The molecule has 1 amide bonds. The molecule has 168 valence electrons. The fourth-order valence-corrected chi connectivity index (χ4v) is 6.77. The monoisotopic (exact) mass is 458 g/mol. The van der Waals surface area contributed by atoms with Crippen LogP contribution in [0.3, 0.4) is 0 Å². The van der Waals surface area contributed by atoms with Crippen molar-refractivity contribution in [3.05, 3.63) is 40.3 Å². The number of hydrogen-bond donors (Lipinski definition) is 3. The highest BCUT2D eigenvalue weighted by atomic mass is 32.2. The van der Waals surface area contributed by atoms with Crippen LogP contribution in [0.4, 0.5) is 10.7 Å². The van der Waals surface area contributed by atoms with Crippen LogP contribution in [0.25, 0.3) is 0 Å². The van der Waals surface area contributed by atoms with Crippen LogP contribution < -0.4 is 16.0 Å². The highest BCUT2D eigenvalue weighted by Gasteiger charge is 2.33. The van der Waals surface area contributed by atoms with Gasteiger partial charge in [-0.15, -0.1) is 11.3 Å². The summed E-state index contributed by atoms with van der Waals surface area (Å²) in [4.78, 5) is 18.0. The number of hydrogen-bond acceptors (Lipinski definition) is 6. The minimum atomic E-state index is 0.0943. The van der Waals surface area contributed by atoms with E-state index < -0.39 is 0 Å². The van der Waals surface area contributed by atoms with Gasteiger partial charge in [0.15, 0.2) is 0 Å². The molecule has 1 aromatic carbocycles. The lowest BCUT2D eigenvalue weighted by atomic mass is 10.0. The molecule has 2 unspecified atom stereocenters. The van der Waals surface area contributed by atoms with E-state index in [9.17, 15) is 4.79 Å². The predicted octanol–water partition coefficient (Wildman–Crippen LogP) is 5.45. The Bertz CT molecular complexity index is 901. The van der Waals surface area contributed by atoms with Gasteiger partial charge in [0.1, 0.15) is 10.4 Å². The molecule has 7 heteroatoms. The molecular formula is C24H34N4OS2. The Labute approximate surface area is 194 Å². The van der Waals surface area contributed by atoms with Gasteiger partial charge in [-0.3, -0.25) is 9.69 Å². The van der Waals surface area contributed by atoms with Crippen molar-refractivity contribution in [1.82, 2.24) is 10.2 Å². The number of thioether (sulfide) groups is 1. The van der Waals surface area contributed by atoms with Gasteiger partial charge in [0, 0.05) is 59.2 Å². The molecule has 31 heavy (non-hydrogen) atoms. The molecule has 5 nitrogen and oxygen atoms in total. The normalized spacial score (nSPS) is 19.1. The Hall–Kier alpha value is -1.54. The van der Waals surface area contributed by atoms with E-state index in [1.54, 1.807) is 11.3 Å². The molecule has 0 saturated carbocycles. The van der Waals surface area contributed by atoms with Gasteiger partial charge in [0.25, 0.3) is 0 Å². The van der Waals surface area contributed by atoms with E-state index >= 15 is 0 Å². The first-order chi connectivity index (χ1) is 15.0. The molecule has 0 aliphatic carbocycles. The van der Waals surface area contributed by atoms with Gasteiger partial charge in [0.2, 0.25) is 5.91 Å². The van der Waals surface area contributed by atoms with Crippen molar-refractivity contribution >= 4 is 39.7 Å². The van der Waals surface area contributed by atoms with Gasteiger partial charge in [0.05, 0.1) is 0 Å². The van der Waals surface area contributed by atoms with Gasteiger partial charge in [-0.2, -0.15) is 0 Å². The van der Waals surface area contributed by atoms with Crippen molar-refractivity contribution in [3.8, 4) is 0 Å². The van der Waals surface area contributed by atoms with Crippen molar-refractivity contribution in [2.45, 2.75) is 75.9 Å². The molecule has 2 aliphatic rings. The molecule has 0 spiro atoms. The van der Waals surface area contributed by atoms with Gasteiger partial charge in [-0.05, 0) is 51.3 Å². The third-order valence-corrected chi connectivity index (χ3v) is 8.60. The van der Waals surface area contributed by atoms with E-state index in [0.717, 1.165) is 30.9 Å². The lowest BCUT2D eigenvalue weighted by Gasteiger charge is -2.31. The number of thiophene rings is 1. The molecule has 0 radical (unpaired) electrons. The molecule has 0 bridgehead atoms. The van der Waals surface area contributed by atoms with Crippen LogP contribution in [-0.4, -0.2) is 36.0 Å². The molecule has 0 saturated heterocycles. The van der Waals surface area contributed by atoms with Gasteiger partial charge >= 0.3 is 0 Å². The van der Waals surface area contributed by atoms with Crippen LogP contribution in [-0.2, 0) is 17.8 Å². The Kier molecular flexibility index (Phi) is 7.26. The lowest BCUT2D eigenvalue weighted by molar-refractivity contribution is -0.116. The minimum absolute atomic E-state index is 0.0943. The Morgan fingerprint density at radius 3 is 2.84 bits per heavy atom. The number of nitrogens with zero attached hydrogens (tertiary/aromatic N) is 1. The summed E-state index contributed by atoms with van der Waals surface area (Å²) < 4.78 is 0. The number of carbonyl (C=O) groups excluding carboxylic acids is 1. The quantitative estimate of drug-likeness (QED) is 0.491. The van der Waals surface area contributed by atoms with E-state index in [-0.39, 0.29) is 11.3 Å². The van der Waals surface area contributed by atoms with Crippen LogP contribution in [0.2, 0.25) is 0 Å². The number of nitrogens with one attached hydrogen (secondary N) is 3. The number of anilines is 2. The first-order valence-corrected chi connectivity index (χ1v) is 13.1. The summed E-state index contributed by atoms with van der Waals surface area (Å²) in [5.74, 6) is 0.0943. The average Bonchev–Trinajstić information content (AvgIpc) is 3.33. The third-order valence-electron chi connectivity index (χ3n) is 6.25. The standard InChI is InChI=1S/C24H34N4OS2/c1-5-16(4)25-12-10-21(29)27-24-22(23-26-18-8-6-7-9-19(18)30-23)17-11-13-28(15(2)3)14-20(17)31-24/h6-9,15-16,23,25-26H,5,10-14H2,1-4H3,(H,27,29). The maximum absolute atomic E-state index is 12.8. The second kappa shape index (κ2) is 9.94. The van der Waals surface area contributed by atoms with Crippen LogP contribution in [0.15, 0.2) is 29.2 Å². The van der Waals surface area contributed by atoms with Crippen LogP contribution in [0, 0.1) is 0 Å². The zero-order valence-corrected chi connectivity index (χ0v) is 20.6. The second-order valence-electron chi connectivity index (χ2n) is 8.76. The Morgan fingerprint density at radius 2 is 2.10 bits per heavy atom. The molecule has 4 rings (SSSR count). The van der Waals surface area contributed by atoms with Crippen LogP contribution in [0.1, 0.15) is 61.9 Å². The molecular weight excluding hydrogens is 424 g/mol. The molecule has 3 N–H and O–H groups in total. The van der Waals surface area contributed by atoms with E-state index in [2.05, 4.69) is 72.8 Å². The fourth-order valence-electron chi connectivity index (χ4n) is 4.14. The summed E-state index contributed by atoms with van der Waals surface area (Å²) in [6, 6.07) is 9.45. The number of carbonyl (C=O) groups is 1. The zero-order valence-electron chi connectivity index (χ0n) is 19.0. The number of benzene rings is 1. The third kappa shape index (κ3) is 5.11. The van der Waals surface area contributed by atoms with E-state index in [4.69, 9.17) is 0 Å².